The van der Waals surface area contributed by atoms with E-state index in [1.165, 1.54) is 37.3 Å². The quantitative estimate of drug-likeness (QED) is 0.689. The fourth-order valence-corrected chi connectivity index (χ4v) is 4.97. The van der Waals surface area contributed by atoms with Gasteiger partial charge in [0.05, 0.1) is 11.3 Å². The molecule has 0 aromatic heterocycles. The summed E-state index contributed by atoms with van der Waals surface area (Å²) >= 11 is 0. The molecule has 1 amide bonds. The lowest BCUT2D eigenvalue weighted by Gasteiger charge is -2.21. The van der Waals surface area contributed by atoms with Crippen LogP contribution in [0.1, 0.15) is 48.0 Å². The van der Waals surface area contributed by atoms with Crippen LogP contribution in [-0.4, -0.2) is 20.1 Å². The van der Waals surface area contributed by atoms with Crippen molar-refractivity contribution in [2.75, 3.05) is 5.75 Å². The summed E-state index contributed by atoms with van der Waals surface area (Å²) in [6.07, 6.45) is 4.79. The molecule has 2 N–H and O–H groups in total. The smallest absolute Gasteiger partial charge is 0.269 e. The number of benzene rings is 2. The van der Waals surface area contributed by atoms with Crippen LogP contribution in [0.5, 0.6) is 0 Å². The molecular formula is C21H24F2N2O3S. The minimum atomic E-state index is -3.74. The Hall–Kier alpha value is -2.32. The Morgan fingerprint density at radius 2 is 1.79 bits per heavy atom. The molecule has 0 unspecified atom stereocenters. The van der Waals surface area contributed by atoms with E-state index in [1.807, 2.05) is 0 Å². The van der Waals surface area contributed by atoms with Crippen molar-refractivity contribution in [1.82, 2.24) is 10.3 Å². The maximum absolute atomic E-state index is 14.5. The summed E-state index contributed by atoms with van der Waals surface area (Å²) in [4.78, 5) is 14.5. The average Bonchev–Trinajstić information content (AvgIpc) is 2.69. The molecule has 2 aromatic rings. The van der Waals surface area contributed by atoms with Crippen LogP contribution in [0, 0.1) is 24.5 Å². The van der Waals surface area contributed by atoms with E-state index in [0.717, 1.165) is 32.1 Å². The topological polar surface area (TPSA) is 75.3 Å². The van der Waals surface area contributed by atoms with Crippen LogP contribution in [0.4, 0.5) is 8.78 Å². The molecule has 0 atom stereocenters. The lowest BCUT2D eigenvalue weighted by molar-refractivity contribution is 0.0940. The average molecular weight is 422 g/mol. The molecule has 0 spiro atoms. The molecule has 8 heteroatoms. The van der Waals surface area contributed by atoms with E-state index in [2.05, 4.69) is 10.3 Å². The first kappa shape index (κ1) is 21.4. The lowest BCUT2D eigenvalue weighted by atomic mass is 9.91. The van der Waals surface area contributed by atoms with E-state index in [-0.39, 0.29) is 28.4 Å². The van der Waals surface area contributed by atoms with Crippen LogP contribution in [0.15, 0.2) is 36.4 Å². The van der Waals surface area contributed by atoms with Crippen LogP contribution in [-0.2, 0) is 10.0 Å². The number of hydrogen-bond acceptors (Lipinski definition) is 3. The maximum atomic E-state index is 14.5. The molecule has 0 heterocycles. The molecule has 5 nitrogen and oxygen atoms in total. The predicted octanol–water partition coefficient (Wildman–Crippen LogP) is 4.08. The summed E-state index contributed by atoms with van der Waals surface area (Å²) < 4.78 is 53.1. The first-order chi connectivity index (χ1) is 13.8. The van der Waals surface area contributed by atoms with Gasteiger partial charge in [-0.1, -0.05) is 37.5 Å². The number of carbonyl (C=O) groups is 1. The highest BCUT2D eigenvalue weighted by Crippen LogP contribution is 2.27. The van der Waals surface area contributed by atoms with Gasteiger partial charge in [-0.05, 0) is 55.0 Å². The molecule has 29 heavy (non-hydrogen) atoms. The van der Waals surface area contributed by atoms with Crippen molar-refractivity contribution in [3.63, 3.8) is 0 Å². The Morgan fingerprint density at radius 1 is 1.10 bits per heavy atom. The van der Waals surface area contributed by atoms with Gasteiger partial charge in [0, 0.05) is 5.56 Å². The van der Waals surface area contributed by atoms with Crippen molar-refractivity contribution in [2.45, 2.75) is 39.0 Å². The van der Waals surface area contributed by atoms with Crippen LogP contribution in [0.25, 0.3) is 11.1 Å². The SMILES string of the molecule is Cc1cc(-c2ccccc2F)cc(C(=O)NNS(=O)(=O)CC2CCCCC2)c1F. The van der Waals surface area contributed by atoms with Gasteiger partial charge in [0.25, 0.3) is 5.91 Å². The fourth-order valence-electron chi connectivity index (χ4n) is 3.68. The summed E-state index contributed by atoms with van der Waals surface area (Å²) in [7, 11) is -3.74. The van der Waals surface area contributed by atoms with E-state index in [1.54, 1.807) is 6.07 Å². The zero-order valence-corrected chi connectivity index (χ0v) is 17.0. The zero-order valence-electron chi connectivity index (χ0n) is 16.2. The standard InChI is InChI=1S/C21H24F2N2O3S/c1-14-11-16(17-9-5-6-10-19(17)22)12-18(20(14)23)21(26)24-25-29(27,28)13-15-7-3-2-4-8-15/h5-6,9-12,15,25H,2-4,7-8,13H2,1H3,(H,24,26). The Morgan fingerprint density at radius 3 is 2.48 bits per heavy atom. The van der Waals surface area contributed by atoms with Crippen molar-refractivity contribution >= 4 is 15.9 Å². The largest absolute Gasteiger partial charge is 0.274 e. The number of rotatable bonds is 6. The highest BCUT2D eigenvalue weighted by molar-refractivity contribution is 7.89. The zero-order chi connectivity index (χ0) is 21.0. The fraction of sp³-hybridized carbons (Fsp3) is 0.381. The lowest BCUT2D eigenvalue weighted by Crippen LogP contribution is -2.44. The molecule has 0 saturated heterocycles. The van der Waals surface area contributed by atoms with E-state index in [0.29, 0.717) is 5.56 Å². The molecule has 3 rings (SSSR count). The van der Waals surface area contributed by atoms with Gasteiger partial charge < -0.3 is 0 Å². The van der Waals surface area contributed by atoms with Gasteiger partial charge in [0.2, 0.25) is 10.0 Å². The summed E-state index contributed by atoms with van der Waals surface area (Å²) in [6.45, 7) is 1.46. The first-order valence-corrected chi connectivity index (χ1v) is 11.3. The molecule has 0 aliphatic heterocycles. The molecular weight excluding hydrogens is 398 g/mol. The molecule has 0 radical (unpaired) electrons. The summed E-state index contributed by atoms with van der Waals surface area (Å²) in [5.74, 6) is -2.24. The van der Waals surface area contributed by atoms with Crippen molar-refractivity contribution in [1.29, 1.82) is 0 Å². The molecule has 1 aliphatic rings. The number of carbonyl (C=O) groups excluding carboxylic acids is 1. The molecule has 0 bridgehead atoms. The Kier molecular flexibility index (Phi) is 6.64. The van der Waals surface area contributed by atoms with Crippen molar-refractivity contribution in [3.8, 4) is 11.1 Å². The van der Waals surface area contributed by atoms with Gasteiger partial charge in [-0.3, -0.25) is 10.2 Å². The van der Waals surface area contributed by atoms with Crippen molar-refractivity contribution in [2.24, 2.45) is 5.92 Å². The first-order valence-electron chi connectivity index (χ1n) is 9.62. The van der Waals surface area contributed by atoms with Gasteiger partial charge in [-0.2, -0.15) is 0 Å². The molecule has 1 aliphatic carbocycles. The van der Waals surface area contributed by atoms with E-state index in [9.17, 15) is 22.0 Å². The third-order valence-corrected chi connectivity index (χ3v) is 6.51. The second-order valence-electron chi connectivity index (χ2n) is 7.48. The van der Waals surface area contributed by atoms with Crippen molar-refractivity contribution in [3.05, 3.63) is 59.2 Å². The monoisotopic (exact) mass is 422 g/mol. The Balaban J connectivity index is 1.75. The van der Waals surface area contributed by atoms with Crippen LogP contribution < -0.4 is 10.3 Å². The highest BCUT2D eigenvalue weighted by Gasteiger charge is 2.23. The number of halogens is 2. The number of sulfonamides is 1. The molecule has 1 saturated carbocycles. The number of amides is 1. The normalized spacial score (nSPS) is 15.3. The van der Waals surface area contributed by atoms with Gasteiger partial charge in [-0.25, -0.2) is 17.2 Å². The van der Waals surface area contributed by atoms with Gasteiger partial charge in [0.1, 0.15) is 11.6 Å². The van der Waals surface area contributed by atoms with E-state index < -0.39 is 27.6 Å². The third kappa shape index (κ3) is 5.39. The maximum Gasteiger partial charge on any atom is 0.269 e. The molecule has 156 valence electrons. The number of nitrogens with one attached hydrogen (secondary N) is 2. The second kappa shape index (κ2) is 9.00. The number of hydrazine groups is 1. The van der Waals surface area contributed by atoms with E-state index in [4.69, 9.17) is 0 Å². The summed E-state index contributed by atoms with van der Waals surface area (Å²) in [5, 5.41) is 0. The number of aryl methyl sites for hydroxylation is 1. The van der Waals surface area contributed by atoms with Crippen LogP contribution in [0.3, 0.4) is 0 Å². The van der Waals surface area contributed by atoms with Crippen LogP contribution >= 0.6 is 0 Å². The minimum Gasteiger partial charge on any atom is -0.274 e. The second-order valence-corrected chi connectivity index (χ2v) is 9.24. The minimum absolute atomic E-state index is 0.0570. The summed E-state index contributed by atoms with van der Waals surface area (Å²) in [6, 6.07) is 8.62. The highest BCUT2D eigenvalue weighted by atomic mass is 32.2. The Bertz CT molecular complexity index is 1000. The number of hydrogen-bond donors (Lipinski definition) is 2. The van der Waals surface area contributed by atoms with Crippen LogP contribution in [0.2, 0.25) is 0 Å². The predicted molar refractivity (Wildman–Crippen MR) is 107 cm³/mol. The van der Waals surface area contributed by atoms with E-state index >= 15 is 0 Å². The molecule has 2 aromatic carbocycles. The Labute approximate surface area is 169 Å². The van der Waals surface area contributed by atoms with Crippen molar-refractivity contribution < 1.29 is 22.0 Å². The molecule has 1 fully saturated rings. The third-order valence-electron chi connectivity index (χ3n) is 5.18. The summed E-state index contributed by atoms with van der Waals surface area (Å²) in [5.41, 5.74) is 2.43. The van der Waals surface area contributed by atoms with Gasteiger partial charge >= 0.3 is 0 Å². The van der Waals surface area contributed by atoms with Gasteiger partial charge in [-0.15, -0.1) is 4.83 Å². The van der Waals surface area contributed by atoms with Gasteiger partial charge in [0.15, 0.2) is 0 Å².